The van der Waals surface area contributed by atoms with E-state index in [1.807, 2.05) is 0 Å². The van der Waals surface area contributed by atoms with E-state index >= 15 is 0 Å². The zero-order valence-corrected chi connectivity index (χ0v) is 11.5. The minimum absolute atomic E-state index is 0.176. The summed E-state index contributed by atoms with van der Waals surface area (Å²) in [6.45, 7) is 1.48. The second-order valence-electron chi connectivity index (χ2n) is 4.28. The molecule has 114 valence electrons. The van der Waals surface area contributed by atoms with Crippen molar-refractivity contribution in [2.24, 2.45) is 0 Å². The number of anilines is 2. The Balaban J connectivity index is 2.42. The maximum absolute atomic E-state index is 12.7. The number of sulfonamides is 1. The number of rotatable bonds is 3. The van der Waals surface area contributed by atoms with Crippen molar-refractivity contribution >= 4 is 21.5 Å². The first-order valence-electron chi connectivity index (χ1n) is 5.61. The van der Waals surface area contributed by atoms with Crippen LogP contribution in [0.3, 0.4) is 0 Å². The van der Waals surface area contributed by atoms with Gasteiger partial charge in [0.15, 0.2) is 0 Å². The summed E-state index contributed by atoms with van der Waals surface area (Å²) in [6.07, 6.45) is -3.59. The molecule has 0 amide bonds. The van der Waals surface area contributed by atoms with E-state index in [1.165, 1.54) is 13.0 Å². The smallest absolute Gasteiger partial charge is 0.383 e. The molecule has 21 heavy (non-hydrogen) atoms. The molecule has 1 heterocycles. The molecule has 0 saturated heterocycles. The molecule has 0 bridgehead atoms. The molecule has 1 aromatic carbocycles. The Morgan fingerprint density at radius 2 is 2.00 bits per heavy atom. The molecule has 0 radical (unpaired) electrons. The number of aromatic amines is 1. The van der Waals surface area contributed by atoms with Crippen molar-refractivity contribution in [3.05, 3.63) is 35.5 Å². The molecule has 6 nitrogen and oxygen atoms in total. The van der Waals surface area contributed by atoms with Crippen LogP contribution in [0.1, 0.15) is 11.1 Å². The maximum Gasteiger partial charge on any atom is 0.416 e. The van der Waals surface area contributed by atoms with Crippen molar-refractivity contribution < 1.29 is 21.6 Å². The van der Waals surface area contributed by atoms with Gasteiger partial charge in [-0.1, -0.05) is 6.07 Å². The molecule has 0 aliphatic rings. The molecule has 4 N–H and O–H groups in total. The minimum Gasteiger partial charge on any atom is -0.383 e. The van der Waals surface area contributed by atoms with E-state index in [9.17, 15) is 21.6 Å². The van der Waals surface area contributed by atoms with Gasteiger partial charge >= 0.3 is 6.18 Å². The molecule has 0 atom stereocenters. The Labute approximate surface area is 118 Å². The second kappa shape index (κ2) is 4.95. The highest BCUT2D eigenvalue weighted by Gasteiger charge is 2.31. The Morgan fingerprint density at radius 3 is 2.52 bits per heavy atom. The van der Waals surface area contributed by atoms with Crippen LogP contribution in [0.2, 0.25) is 0 Å². The molecule has 0 aliphatic heterocycles. The van der Waals surface area contributed by atoms with Gasteiger partial charge in [0.1, 0.15) is 10.7 Å². The first-order chi connectivity index (χ1) is 9.61. The fourth-order valence-electron chi connectivity index (χ4n) is 1.61. The highest BCUT2D eigenvalue weighted by atomic mass is 32.2. The quantitative estimate of drug-likeness (QED) is 0.806. The predicted molar refractivity (Wildman–Crippen MR) is 70.0 cm³/mol. The van der Waals surface area contributed by atoms with Crippen molar-refractivity contribution in [3.8, 4) is 0 Å². The average molecular weight is 320 g/mol. The molecule has 2 aromatic rings. The number of aryl methyl sites for hydroxylation is 1. The summed E-state index contributed by atoms with van der Waals surface area (Å²) < 4.78 is 64.2. The number of aromatic nitrogens is 2. The van der Waals surface area contributed by atoms with Gasteiger partial charge in [-0.3, -0.25) is 9.82 Å². The summed E-state index contributed by atoms with van der Waals surface area (Å²) in [6, 6.07) is 2.78. The Kier molecular flexibility index (Phi) is 3.58. The SMILES string of the molecule is Cc1ccc(C(F)(F)F)cc1NS(=O)(=O)c1cn[nH]c1N. The fraction of sp³-hybridized carbons (Fsp3) is 0.182. The minimum atomic E-state index is -4.57. The number of hydrogen-bond acceptors (Lipinski definition) is 4. The highest BCUT2D eigenvalue weighted by Crippen LogP contribution is 2.32. The molecule has 10 heteroatoms. The Morgan fingerprint density at radius 1 is 1.33 bits per heavy atom. The zero-order chi connectivity index (χ0) is 15.8. The third-order valence-electron chi connectivity index (χ3n) is 2.73. The number of nitrogen functional groups attached to an aromatic ring is 1. The molecule has 0 fully saturated rings. The van der Waals surface area contributed by atoms with Crippen LogP contribution in [0.5, 0.6) is 0 Å². The van der Waals surface area contributed by atoms with E-state index in [-0.39, 0.29) is 16.4 Å². The van der Waals surface area contributed by atoms with E-state index < -0.39 is 21.8 Å². The van der Waals surface area contributed by atoms with Crippen molar-refractivity contribution in [2.45, 2.75) is 18.0 Å². The molecular formula is C11H11F3N4O2S. The topological polar surface area (TPSA) is 101 Å². The molecule has 0 spiro atoms. The predicted octanol–water partition coefficient (Wildman–Crippen LogP) is 2.12. The van der Waals surface area contributed by atoms with Crippen molar-refractivity contribution in [3.63, 3.8) is 0 Å². The van der Waals surface area contributed by atoms with Gasteiger partial charge in [0.05, 0.1) is 17.4 Å². The van der Waals surface area contributed by atoms with Crippen LogP contribution in [0, 0.1) is 6.92 Å². The third kappa shape index (κ3) is 3.10. The van der Waals surface area contributed by atoms with Crippen LogP contribution in [0.4, 0.5) is 24.7 Å². The summed E-state index contributed by atoms with van der Waals surface area (Å²) in [4.78, 5) is -0.334. The maximum atomic E-state index is 12.7. The summed E-state index contributed by atoms with van der Waals surface area (Å²) in [7, 11) is -4.12. The number of hydrogen-bond donors (Lipinski definition) is 3. The lowest BCUT2D eigenvalue weighted by Crippen LogP contribution is -2.15. The van der Waals surface area contributed by atoms with Gasteiger partial charge in [0.2, 0.25) is 0 Å². The monoisotopic (exact) mass is 320 g/mol. The lowest BCUT2D eigenvalue weighted by Gasteiger charge is -2.13. The van der Waals surface area contributed by atoms with Gasteiger partial charge in [-0.25, -0.2) is 8.42 Å². The van der Waals surface area contributed by atoms with Gasteiger partial charge in [-0.2, -0.15) is 18.3 Å². The summed E-state index contributed by atoms with van der Waals surface area (Å²) in [5, 5.41) is 5.70. The van der Waals surface area contributed by atoms with Gasteiger partial charge in [0.25, 0.3) is 10.0 Å². The van der Waals surface area contributed by atoms with Gasteiger partial charge in [-0.15, -0.1) is 0 Å². The standard InChI is InChI=1S/C11H11F3N4O2S/c1-6-2-3-7(11(12,13)14)4-8(6)18-21(19,20)9-5-16-17-10(9)15/h2-5,18H,1H3,(H3,15,16,17). The van der Waals surface area contributed by atoms with Crippen molar-refractivity contribution in [1.29, 1.82) is 0 Å². The van der Waals surface area contributed by atoms with Gasteiger partial charge in [0, 0.05) is 0 Å². The number of nitrogens with zero attached hydrogens (tertiary/aromatic N) is 1. The highest BCUT2D eigenvalue weighted by molar-refractivity contribution is 7.92. The lowest BCUT2D eigenvalue weighted by molar-refractivity contribution is -0.137. The number of H-pyrrole nitrogens is 1. The molecule has 0 unspecified atom stereocenters. The van der Waals surface area contributed by atoms with E-state index in [1.54, 1.807) is 0 Å². The Bertz CT molecular complexity index is 768. The van der Waals surface area contributed by atoms with Crippen LogP contribution in [-0.4, -0.2) is 18.6 Å². The zero-order valence-electron chi connectivity index (χ0n) is 10.7. The summed E-state index contributed by atoms with van der Waals surface area (Å²) in [5.41, 5.74) is 4.61. The largest absolute Gasteiger partial charge is 0.416 e. The average Bonchev–Trinajstić information content (AvgIpc) is 2.77. The first kappa shape index (κ1) is 15.2. The second-order valence-corrected chi connectivity index (χ2v) is 5.93. The lowest BCUT2D eigenvalue weighted by atomic mass is 10.1. The Hall–Kier alpha value is -2.23. The van der Waals surface area contributed by atoms with Crippen LogP contribution < -0.4 is 10.5 Å². The van der Waals surface area contributed by atoms with E-state index in [4.69, 9.17) is 5.73 Å². The number of benzene rings is 1. The molecule has 0 saturated carbocycles. The van der Waals surface area contributed by atoms with Crippen LogP contribution in [-0.2, 0) is 16.2 Å². The van der Waals surface area contributed by atoms with Gasteiger partial charge in [-0.05, 0) is 24.6 Å². The summed E-state index contributed by atoms with van der Waals surface area (Å²) in [5.74, 6) is -0.202. The van der Waals surface area contributed by atoms with Crippen molar-refractivity contribution in [1.82, 2.24) is 10.2 Å². The molecule has 0 aliphatic carbocycles. The number of halogens is 3. The molecular weight excluding hydrogens is 309 g/mol. The van der Waals surface area contributed by atoms with E-state index in [0.717, 1.165) is 18.3 Å². The number of nitrogens with two attached hydrogens (primary N) is 1. The summed E-state index contributed by atoms with van der Waals surface area (Å²) >= 11 is 0. The first-order valence-corrected chi connectivity index (χ1v) is 7.09. The van der Waals surface area contributed by atoms with Crippen molar-refractivity contribution in [2.75, 3.05) is 10.5 Å². The number of nitrogens with one attached hydrogen (secondary N) is 2. The van der Waals surface area contributed by atoms with Crippen LogP contribution in [0.25, 0.3) is 0 Å². The van der Waals surface area contributed by atoms with E-state index in [0.29, 0.717) is 5.56 Å². The van der Waals surface area contributed by atoms with Crippen LogP contribution >= 0.6 is 0 Å². The van der Waals surface area contributed by atoms with Gasteiger partial charge < -0.3 is 5.73 Å². The molecule has 1 aromatic heterocycles. The van der Waals surface area contributed by atoms with Crippen LogP contribution in [0.15, 0.2) is 29.3 Å². The fourth-order valence-corrected chi connectivity index (χ4v) is 2.75. The number of alkyl halides is 3. The normalized spacial score (nSPS) is 12.4. The third-order valence-corrected chi connectivity index (χ3v) is 4.12. The molecule has 2 rings (SSSR count). The van der Waals surface area contributed by atoms with E-state index in [2.05, 4.69) is 14.9 Å².